The van der Waals surface area contributed by atoms with Crippen LogP contribution in [0.15, 0.2) is 29.3 Å². The van der Waals surface area contributed by atoms with Gasteiger partial charge in [-0.25, -0.2) is 0 Å². The summed E-state index contributed by atoms with van der Waals surface area (Å²) in [5.74, 6) is 0.911. The number of nitrogens with zero attached hydrogens (tertiary/aromatic N) is 1. The molecule has 118 valence electrons. The van der Waals surface area contributed by atoms with Crippen molar-refractivity contribution in [1.29, 1.82) is 0 Å². The third kappa shape index (κ3) is 8.03. The Morgan fingerprint density at radius 2 is 1.95 bits per heavy atom. The van der Waals surface area contributed by atoms with Crippen LogP contribution >= 0.6 is 0 Å². The van der Waals surface area contributed by atoms with E-state index in [1.807, 2.05) is 0 Å². The zero-order chi connectivity index (χ0) is 15.7. The molecule has 1 aromatic rings. The Labute approximate surface area is 120 Å². The molecule has 0 aliphatic rings. The first kappa shape index (κ1) is 17.1. The molecule has 0 radical (unpaired) electrons. The van der Waals surface area contributed by atoms with Gasteiger partial charge in [-0.05, 0) is 30.7 Å². The summed E-state index contributed by atoms with van der Waals surface area (Å²) >= 11 is 0. The number of halogens is 3. The normalized spacial score (nSPS) is 12.3. The van der Waals surface area contributed by atoms with Crippen LogP contribution in [-0.4, -0.2) is 39.0 Å². The van der Waals surface area contributed by atoms with E-state index < -0.39 is 12.8 Å². The van der Waals surface area contributed by atoms with Gasteiger partial charge in [-0.1, -0.05) is 0 Å². The van der Waals surface area contributed by atoms with Gasteiger partial charge in [0.05, 0.1) is 7.11 Å². The molecule has 0 aliphatic carbocycles. The zero-order valence-corrected chi connectivity index (χ0v) is 11.6. The highest BCUT2D eigenvalue weighted by Crippen LogP contribution is 2.15. The van der Waals surface area contributed by atoms with Crippen LogP contribution in [0.2, 0.25) is 0 Å². The van der Waals surface area contributed by atoms with E-state index in [2.05, 4.69) is 15.0 Å². The van der Waals surface area contributed by atoms with Gasteiger partial charge in [0.25, 0.3) is 0 Å². The average Bonchev–Trinajstić information content (AvgIpc) is 2.42. The summed E-state index contributed by atoms with van der Waals surface area (Å²) in [5.41, 5.74) is 6.39. The van der Waals surface area contributed by atoms with E-state index in [1.165, 1.54) is 0 Å². The smallest absolute Gasteiger partial charge is 0.411 e. The predicted molar refractivity (Wildman–Crippen MR) is 74.6 cm³/mol. The van der Waals surface area contributed by atoms with Gasteiger partial charge in [-0.2, -0.15) is 13.2 Å². The fourth-order valence-electron chi connectivity index (χ4n) is 1.42. The minimum atomic E-state index is -4.29. The zero-order valence-electron chi connectivity index (χ0n) is 11.6. The quantitative estimate of drug-likeness (QED) is 0.461. The van der Waals surface area contributed by atoms with E-state index in [9.17, 15) is 13.2 Å². The summed E-state index contributed by atoms with van der Waals surface area (Å²) < 4.78 is 44.9. The van der Waals surface area contributed by atoms with Gasteiger partial charge in [0, 0.05) is 18.8 Å². The fourth-order valence-corrected chi connectivity index (χ4v) is 1.42. The van der Waals surface area contributed by atoms with Crippen molar-refractivity contribution < 1.29 is 22.6 Å². The highest BCUT2D eigenvalue weighted by Gasteiger charge is 2.27. The molecule has 0 aliphatic heterocycles. The Kier molecular flexibility index (Phi) is 6.80. The average molecular weight is 305 g/mol. The molecular formula is C13H18F3N3O2. The molecule has 0 heterocycles. The maximum absolute atomic E-state index is 11.8. The van der Waals surface area contributed by atoms with Crippen molar-refractivity contribution >= 4 is 11.6 Å². The van der Waals surface area contributed by atoms with E-state index in [1.54, 1.807) is 31.4 Å². The van der Waals surface area contributed by atoms with Crippen molar-refractivity contribution in [2.24, 2.45) is 10.7 Å². The van der Waals surface area contributed by atoms with Gasteiger partial charge >= 0.3 is 6.18 Å². The van der Waals surface area contributed by atoms with Crippen LogP contribution in [0.1, 0.15) is 6.42 Å². The minimum absolute atomic E-state index is 0.0151. The molecule has 1 rings (SSSR count). The number of aliphatic imine (C=N–C) groups is 1. The van der Waals surface area contributed by atoms with Crippen LogP contribution in [0, 0.1) is 0 Å². The molecule has 0 spiro atoms. The number of guanidine groups is 1. The van der Waals surface area contributed by atoms with Crippen LogP contribution in [0.3, 0.4) is 0 Å². The summed E-state index contributed by atoms with van der Waals surface area (Å²) in [5, 5.41) is 2.86. The highest BCUT2D eigenvalue weighted by atomic mass is 19.4. The van der Waals surface area contributed by atoms with Crippen molar-refractivity contribution in [2.45, 2.75) is 12.6 Å². The first-order valence-electron chi connectivity index (χ1n) is 6.26. The molecule has 0 fully saturated rings. The van der Waals surface area contributed by atoms with Crippen molar-refractivity contribution in [3.8, 4) is 5.75 Å². The summed E-state index contributed by atoms with van der Waals surface area (Å²) in [6, 6.07) is 7.07. The van der Waals surface area contributed by atoms with E-state index in [0.717, 1.165) is 11.4 Å². The van der Waals surface area contributed by atoms with Crippen LogP contribution in [0.5, 0.6) is 5.75 Å². The van der Waals surface area contributed by atoms with Crippen LogP contribution in [0.25, 0.3) is 0 Å². The van der Waals surface area contributed by atoms with E-state index >= 15 is 0 Å². The topological polar surface area (TPSA) is 68.9 Å². The molecule has 0 unspecified atom stereocenters. The van der Waals surface area contributed by atoms with Gasteiger partial charge < -0.3 is 20.5 Å². The van der Waals surface area contributed by atoms with Gasteiger partial charge in [0.15, 0.2) is 5.96 Å². The molecule has 21 heavy (non-hydrogen) atoms. The maximum Gasteiger partial charge on any atom is 0.411 e. The largest absolute Gasteiger partial charge is 0.497 e. The molecule has 0 bridgehead atoms. The number of nitrogens with two attached hydrogens (primary N) is 1. The lowest BCUT2D eigenvalue weighted by Gasteiger charge is -2.08. The third-order valence-electron chi connectivity index (χ3n) is 2.36. The Balaban J connectivity index is 2.23. The standard InChI is InChI=1S/C13H18F3N3O2/c1-20-11-5-3-10(4-6-11)19-12(17)18-7-2-8-21-9-13(14,15)16/h3-6H,2,7-9H2,1H3,(H3,17,18,19). The summed E-state index contributed by atoms with van der Waals surface area (Å²) in [6.45, 7) is -0.970. The monoisotopic (exact) mass is 305 g/mol. The molecule has 5 nitrogen and oxygen atoms in total. The summed E-state index contributed by atoms with van der Waals surface area (Å²) in [4.78, 5) is 3.99. The van der Waals surface area contributed by atoms with Gasteiger partial charge in [0.2, 0.25) is 0 Å². The second-order valence-corrected chi connectivity index (χ2v) is 4.14. The fraction of sp³-hybridized carbons (Fsp3) is 0.462. The van der Waals surface area contributed by atoms with Crippen molar-refractivity contribution in [3.05, 3.63) is 24.3 Å². The minimum Gasteiger partial charge on any atom is -0.497 e. The predicted octanol–water partition coefficient (Wildman–Crippen LogP) is 2.39. The van der Waals surface area contributed by atoms with Crippen LogP contribution in [-0.2, 0) is 4.74 Å². The first-order valence-corrected chi connectivity index (χ1v) is 6.26. The third-order valence-corrected chi connectivity index (χ3v) is 2.36. The Morgan fingerprint density at radius 3 is 2.52 bits per heavy atom. The lowest BCUT2D eigenvalue weighted by molar-refractivity contribution is -0.173. The molecule has 8 heteroatoms. The number of rotatable bonds is 7. The van der Waals surface area contributed by atoms with Crippen LogP contribution < -0.4 is 15.8 Å². The Morgan fingerprint density at radius 1 is 1.29 bits per heavy atom. The van der Waals surface area contributed by atoms with E-state index in [4.69, 9.17) is 10.5 Å². The van der Waals surface area contributed by atoms with E-state index in [0.29, 0.717) is 6.42 Å². The lowest BCUT2D eigenvalue weighted by atomic mass is 10.3. The number of anilines is 1. The molecule has 0 saturated heterocycles. The number of nitrogens with one attached hydrogen (secondary N) is 1. The number of benzene rings is 1. The molecule has 0 saturated carbocycles. The van der Waals surface area contributed by atoms with Crippen molar-refractivity contribution in [1.82, 2.24) is 0 Å². The van der Waals surface area contributed by atoms with Crippen LogP contribution in [0.4, 0.5) is 18.9 Å². The molecule has 1 aromatic carbocycles. The molecule has 0 amide bonds. The molecule has 0 aromatic heterocycles. The number of methoxy groups -OCH3 is 1. The van der Waals surface area contributed by atoms with Crippen molar-refractivity contribution in [3.63, 3.8) is 0 Å². The molecule has 0 atom stereocenters. The molecule has 3 N–H and O–H groups in total. The molecular weight excluding hydrogens is 287 g/mol. The Bertz CT molecular complexity index is 447. The highest BCUT2D eigenvalue weighted by molar-refractivity contribution is 5.92. The van der Waals surface area contributed by atoms with Gasteiger partial charge in [-0.15, -0.1) is 0 Å². The van der Waals surface area contributed by atoms with Gasteiger partial charge in [-0.3, -0.25) is 4.99 Å². The number of ether oxygens (including phenoxy) is 2. The number of hydrogen-bond acceptors (Lipinski definition) is 3. The number of alkyl halides is 3. The second kappa shape index (κ2) is 8.35. The number of hydrogen-bond donors (Lipinski definition) is 2. The second-order valence-electron chi connectivity index (χ2n) is 4.14. The SMILES string of the molecule is COc1ccc(NC(N)=NCCCOCC(F)(F)F)cc1. The maximum atomic E-state index is 11.8. The Hall–Kier alpha value is -1.96. The lowest BCUT2D eigenvalue weighted by Crippen LogP contribution is -2.23. The first-order chi connectivity index (χ1) is 9.90. The summed E-state index contributed by atoms with van der Waals surface area (Å²) in [7, 11) is 1.57. The van der Waals surface area contributed by atoms with Crippen molar-refractivity contribution in [2.75, 3.05) is 32.2 Å². The summed E-state index contributed by atoms with van der Waals surface area (Å²) in [6.07, 6.45) is -3.93. The van der Waals surface area contributed by atoms with Gasteiger partial charge in [0.1, 0.15) is 12.4 Å². The van der Waals surface area contributed by atoms with E-state index in [-0.39, 0.29) is 19.1 Å².